The van der Waals surface area contributed by atoms with Gasteiger partial charge in [0, 0.05) is 31.4 Å². The van der Waals surface area contributed by atoms with Gasteiger partial charge in [-0.3, -0.25) is 14.5 Å². The lowest BCUT2D eigenvalue weighted by Crippen LogP contribution is -2.32. The second-order valence-corrected chi connectivity index (χ2v) is 4.42. The predicted molar refractivity (Wildman–Crippen MR) is 65.4 cm³/mol. The average molecular weight is 239 g/mol. The van der Waals surface area contributed by atoms with Crippen LogP contribution < -0.4 is 0 Å². The molecule has 4 nitrogen and oxygen atoms in total. The van der Waals surface area contributed by atoms with E-state index in [0.717, 1.165) is 32.3 Å². The predicted octanol–water partition coefficient (Wildman–Crippen LogP) is 1.90. The number of carbonyl (C=O) groups is 2. The molecule has 4 heteroatoms. The molecule has 0 saturated carbocycles. The van der Waals surface area contributed by atoms with Crippen molar-refractivity contribution >= 4 is 11.8 Å². The summed E-state index contributed by atoms with van der Waals surface area (Å²) in [6.45, 7) is 4.75. The highest BCUT2D eigenvalue weighted by molar-refractivity contribution is 6.18. The monoisotopic (exact) mass is 239 g/mol. The molecule has 1 aliphatic rings. The van der Waals surface area contributed by atoms with Gasteiger partial charge in [0.25, 0.3) is 11.8 Å². The summed E-state index contributed by atoms with van der Waals surface area (Å²) >= 11 is 0. The first-order chi connectivity index (χ1) is 8.09. The molecule has 0 aliphatic carbocycles. The minimum Gasteiger partial charge on any atom is -0.385 e. The van der Waals surface area contributed by atoms with Crippen molar-refractivity contribution in [3.63, 3.8) is 0 Å². The summed E-state index contributed by atoms with van der Waals surface area (Å²) in [5, 5.41) is 0. The molecule has 17 heavy (non-hydrogen) atoms. The van der Waals surface area contributed by atoms with Crippen LogP contribution in [-0.4, -0.2) is 37.0 Å². The fourth-order valence-corrected chi connectivity index (χ4v) is 1.89. The fraction of sp³-hybridized carbons (Fsp3) is 0.692. The molecular weight excluding hydrogens is 218 g/mol. The third-order valence-corrected chi connectivity index (χ3v) is 3.17. The topological polar surface area (TPSA) is 46.6 Å². The van der Waals surface area contributed by atoms with E-state index in [0.29, 0.717) is 17.7 Å². The molecule has 0 bridgehead atoms. The van der Waals surface area contributed by atoms with Gasteiger partial charge >= 0.3 is 0 Å². The van der Waals surface area contributed by atoms with Crippen molar-refractivity contribution in [3.8, 4) is 0 Å². The standard InChI is InChI=1S/C13H21NO3/c1-10-11(2)13(16)14(12(10)15)8-6-4-5-7-9-17-3/h4-9H2,1-3H3. The van der Waals surface area contributed by atoms with E-state index < -0.39 is 0 Å². The van der Waals surface area contributed by atoms with Crippen LogP contribution in [0.4, 0.5) is 0 Å². The van der Waals surface area contributed by atoms with Crippen LogP contribution in [0.3, 0.4) is 0 Å². The Balaban J connectivity index is 2.26. The van der Waals surface area contributed by atoms with Crippen LogP contribution in [0.5, 0.6) is 0 Å². The van der Waals surface area contributed by atoms with Gasteiger partial charge in [-0.25, -0.2) is 0 Å². The van der Waals surface area contributed by atoms with Gasteiger partial charge in [0.05, 0.1) is 0 Å². The van der Waals surface area contributed by atoms with Crippen molar-refractivity contribution in [1.29, 1.82) is 0 Å². The lowest BCUT2D eigenvalue weighted by molar-refractivity contribution is -0.137. The SMILES string of the molecule is COCCCCCCN1C(=O)C(C)=C(C)C1=O. The summed E-state index contributed by atoms with van der Waals surface area (Å²) < 4.78 is 4.96. The van der Waals surface area contributed by atoms with Crippen molar-refractivity contribution in [3.05, 3.63) is 11.1 Å². The van der Waals surface area contributed by atoms with E-state index in [1.54, 1.807) is 21.0 Å². The van der Waals surface area contributed by atoms with E-state index in [-0.39, 0.29) is 11.8 Å². The number of unbranched alkanes of at least 4 members (excludes halogenated alkanes) is 3. The van der Waals surface area contributed by atoms with Gasteiger partial charge in [-0.15, -0.1) is 0 Å². The maximum atomic E-state index is 11.7. The van der Waals surface area contributed by atoms with E-state index in [9.17, 15) is 9.59 Å². The van der Waals surface area contributed by atoms with Gasteiger partial charge in [0.1, 0.15) is 0 Å². The van der Waals surface area contributed by atoms with Gasteiger partial charge < -0.3 is 4.74 Å². The molecular formula is C13H21NO3. The molecule has 0 radical (unpaired) electrons. The van der Waals surface area contributed by atoms with Gasteiger partial charge in [-0.1, -0.05) is 12.8 Å². The largest absolute Gasteiger partial charge is 0.385 e. The molecule has 1 rings (SSSR count). The Morgan fingerprint density at radius 1 is 0.941 bits per heavy atom. The third kappa shape index (κ3) is 3.40. The van der Waals surface area contributed by atoms with Crippen LogP contribution in [0, 0.1) is 0 Å². The number of carbonyl (C=O) groups excluding carboxylic acids is 2. The van der Waals surface area contributed by atoms with Crippen LogP contribution in [0.2, 0.25) is 0 Å². The van der Waals surface area contributed by atoms with Crippen LogP contribution in [-0.2, 0) is 14.3 Å². The minimum atomic E-state index is -0.121. The van der Waals surface area contributed by atoms with Crippen LogP contribution >= 0.6 is 0 Å². The summed E-state index contributed by atoms with van der Waals surface area (Å²) in [5.74, 6) is -0.242. The maximum Gasteiger partial charge on any atom is 0.256 e. The first kappa shape index (κ1) is 13.9. The van der Waals surface area contributed by atoms with Gasteiger partial charge in [0.2, 0.25) is 0 Å². The molecule has 0 N–H and O–H groups in total. The number of hydrogen-bond acceptors (Lipinski definition) is 3. The van der Waals surface area contributed by atoms with E-state index in [2.05, 4.69) is 0 Å². The van der Waals surface area contributed by atoms with Crippen molar-refractivity contribution in [2.45, 2.75) is 39.5 Å². The van der Waals surface area contributed by atoms with Gasteiger partial charge in [-0.2, -0.15) is 0 Å². The molecule has 1 heterocycles. The summed E-state index contributed by atoms with van der Waals surface area (Å²) in [6.07, 6.45) is 4.02. The smallest absolute Gasteiger partial charge is 0.256 e. The minimum absolute atomic E-state index is 0.121. The summed E-state index contributed by atoms with van der Waals surface area (Å²) in [7, 11) is 1.69. The number of imide groups is 1. The van der Waals surface area contributed by atoms with E-state index in [1.807, 2.05) is 0 Å². The quantitative estimate of drug-likeness (QED) is 0.503. The number of ether oxygens (including phenoxy) is 1. The molecule has 0 saturated heterocycles. The highest BCUT2D eigenvalue weighted by Gasteiger charge is 2.32. The summed E-state index contributed by atoms with van der Waals surface area (Å²) in [5.41, 5.74) is 1.18. The summed E-state index contributed by atoms with van der Waals surface area (Å²) in [4.78, 5) is 24.8. The normalized spacial score (nSPS) is 16.3. The molecule has 2 amide bonds. The zero-order valence-electron chi connectivity index (χ0n) is 10.9. The average Bonchev–Trinajstić information content (AvgIpc) is 2.50. The highest BCUT2D eigenvalue weighted by atomic mass is 16.5. The lowest BCUT2D eigenvalue weighted by Gasteiger charge is -2.14. The Morgan fingerprint density at radius 2 is 1.47 bits per heavy atom. The Labute approximate surface area is 103 Å². The van der Waals surface area contributed by atoms with Crippen LogP contribution in [0.1, 0.15) is 39.5 Å². The lowest BCUT2D eigenvalue weighted by atomic mass is 10.2. The van der Waals surface area contributed by atoms with Crippen molar-refractivity contribution in [2.24, 2.45) is 0 Å². The molecule has 96 valence electrons. The molecule has 0 fully saturated rings. The molecule has 0 unspecified atom stereocenters. The van der Waals surface area contributed by atoms with Crippen molar-refractivity contribution < 1.29 is 14.3 Å². The van der Waals surface area contributed by atoms with E-state index >= 15 is 0 Å². The first-order valence-electron chi connectivity index (χ1n) is 6.12. The molecule has 1 aliphatic heterocycles. The Hall–Kier alpha value is -1.16. The molecule has 0 aromatic rings. The fourth-order valence-electron chi connectivity index (χ4n) is 1.89. The number of amides is 2. The Bertz CT molecular complexity index is 310. The van der Waals surface area contributed by atoms with E-state index in [4.69, 9.17) is 4.74 Å². The van der Waals surface area contributed by atoms with E-state index in [1.165, 1.54) is 4.90 Å². The second kappa shape index (κ2) is 6.55. The molecule has 0 spiro atoms. The first-order valence-corrected chi connectivity index (χ1v) is 6.12. The maximum absolute atomic E-state index is 11.7. The number of nitrogens with zero attached hydrogens (tertiary/aromatic N) is 1. The highest BCUT2D eigenvalue weighted by Crippen LogP contribution is 2.20. The number of rotatable bonds is 7. The van der Waals surface area contributed by atoms with Crippen LogP contribution in [0.15, 0.2) is 11.1 Å². The zero-order chi connectivity index (χ0) is 12.8. The molecule has 0 atom stereocenters. The van der Waals surface area contributed by atoms with Crippen LogP contribution in [0.25, 0.3) is 0 Å². The molecule has 0 aromatic carbocycles. The Kier molecular flexibility index (Phi) is 5.35. The number of hydrogen-bond donors (Lipinski definition) is 0. The van der Waals surface area contributed by atoms with Crippen molar-refractivity contribution in [2.75, 3.05) is 20.3 Å². The Morgan fingerprint density at radius 3 is 2.00 bits per heavy atom. The second-order valence-electron chi connectivity index (χ2n) is 4.42. The third-order valence-electron chi connectivity index (χ3n) is 3.17. The van der Waals surface area contributed by atoms with Gasteiger partial charge in [-0.05, 0) is 26.7 Å². The molecule has 0 aromatic heterocycles. The number of methoxy groups -OCH3 is 1. The van der Waals surface area contributed by atoms with Crippen molar-refractivity contribution in [1.82, 2.24) is 4.90 Å². The summed E-state index contributed by atoms with van der Waals surface area (Å²) in [6, 6.07) is 0. The van der Waals surface area contributed by atoms with Gasteiger partial charge in [0.15, 0.2) is 0 Å². The zero-order valence-corrected chi connectivity index (χ0v) is 10.9.